The number of aliphatic hydroxyl groups excluding tert-OH is 1. The van der Waals surface area contributed by atoms with Crippen molar-refractivity contribution < 1.29 is 14.6 Å². The third kappa shape index (κ3) is 3.78. The molecule has 0 radical (unpaired) electrons. The summed E-state index contributed by atoms with van der Waals surface area (Å²) in [6.07, 6.45) is 2.56. The Labute approximate surface area is 159 Å². The molecule has 4 rings (SSSR count). The van der Waals surface area contributed by atoms with Gasteiger partial charge in [-0.15, -0.1) is 0 Å². The number of benzene rings is 2. The maximum atomic E-state index is 12.7. The summed E-state index contributed by atoms with van der Waals surface area (Å²) in [5.41, 5.74) is 3.68. The third-order valence-electron chi connectivity index (χ3n) is 5.39. The molecule has 142 valence electrons. The van der Waals surface area contributed by atoms with Crippen molar-refractivity contribution in [3.8, 4) is 5.75 Å². The van der Waals surface area contributed by atoms with Gasteiger partial charge in [0.2, 0.25) is 0 Å². The zero-order valence-corrected chi connectivity index (χ0v) is 15.8. The first-order valence-electron chi connectivity index (χ1n) is 9.55. The third-order valence-corrected chi connectivity index (χ3v) is 5.39. The van der Waals surface area contributed by atoms with Crippen LogP contribution in [0, 0.1) is 0 Å². The first kappa shape index (κ1) is 17.9. The van der Waals surface area contributed by atoms with E-state index < -0.39 is 0 Å². The Bertz CT molecular complexity index is 862. The van der Waals surface area contributed by atoms with Crippen LogP contribution in [0.2, 0.25) is 0 Å². The molecule has 5 nitrogen and oxygen atoms in total. The normalized spacial score (nSPS) is 22.8. The van der Waals surface area contributed by atoms with Crippen molar-refractivity contribution in [2.24, 2.45) is 0 Å². The van der Waals surface area contributed by atoms with Crippen molar-refractivity contribution in [3.05, 3.63) is 59.2 Å². The molecule has 2 amide bonds. The number of rotatable bonds is 2. The van der Waals surface area contributed by atoms with Gasteiger partial charge in [-0.2, -0.15) is 0 Å². The van der Waals surface area contributed by atoms with E-state index in [4.69, 9.17) is 4.74 Å². The van der Waals surface area contributed by atoms with Crippen LogP contribution >= 0.6 is 0 Å². The van der Waals surface area contributed by atoms with Crippen molar-refractivity contribution in [1.29, 1.82) is 0 Å². The fourth-order valence-corrected chi connectivity index (χ4v) is 4.13. The van der Waals surface area contributed by atoms with Gasteiger partial charge < -0.3 is 20.5 Å². The minimum absolute atomic E-state index is 0.116. The second kappa shape index (κ2) is 6.89. The van der Waals surface area contributed by atoms with E-state index in [1.165, 1.54) is 5.56 Å². The van der Waals surface area contributed by atoms with Crippen LogP contribution in [0.4, 0.5) is 10.5 Å². The summed E-state index contributed by atoms with van der Waals surface area (Å²) in [5.74, 6) is 0.819. The summed E-state index contributed by atoms with van der Waals surface area (Å²) in [7, 11) is 0. The number of urea groups is 1. The number of fused-ring (bicyclic) bond motifs is 2. The topological polar surface area (TPSA) is 70.6 Å². The molecule has 0 fully saturated rings. The largest absolute Gasteiger partial charge is 0.487 e. The second-order valence-electron chi connectivity index (χ2n) is 8.09. The number of carbonyl (C=O) groups excluding carboxylic acids is 1. The molecule has 5 heteroatoms. The van der Waals surface area contributed by atoms with Crippen molar-refractivity contribution >= 4 is 11.7 Å². The Hall–Kier alpha value is -2.53. The molecule has 27 heavy (non-hydrogen) atoms. The zero-order chi connectivity index (χ0) is 19.0. The van der Waals surface area contributed by atoms with E-state index in [2.05, 4.69) is 16.7 Å². The van der Waals surface area contributed by atoms with Gasteiger partial charge >= 0.3 is 6.03 Å². The number of hydrogen-bond donors (Lipinski definition) is 3. The Morgan fingerprint density at radius 2 is 2.00 bits per heavy atom. The lowest BCUT2D eigenvalue weighted by Gasteiger charge is -2.37. The fraction of sp³-hybridized carbons (Fsp3) is 0.409. The van der Waals surface area contributed by atoms with Crippen LogP contribution in [0.5, 0.6) is 5.75 Å². The minimum atomic E-state index is -0.345. The summed E-state index contributed by atoms with van der Waals surface area (Å²) >= 11 is 0. The Balaban J connectivity index is 1.52. The molecule has 1 aliphatic carbocycles. The zero-order valence-electron chi connectivity index (χ0n) is 15.8. The van der Waals surface area contributed by atoms with Crippen LogP contribution in [0.25, 0.3) is 0 Å². The standard InChI is InChI=1S/C22H26N2O3/c1-22(2)13-19(16-7-3-4-9-20(16)27-22)24-21(26)23-18-8-5-6-14-10-11-15(25)12-17(14)18/h3-9,15,19,25H,10-13H2,1-2H3,(H2,23,24,26)/t15-,19-/m1/s1. The quantitative estimate of drug-likeness (QED) is 0.753. The molecular formula is C22H26N2O3. The average molecular weight is 366 g/mol. The van der Waals surface area contributed by atoms with Gasteiger partial charge in [0, 0.05) is 24.1 Å². The minimum Gasteiger partial charge on any atom is -0.487 e. The summed E-state index contributed by atoms with van der Waals surface area (Å²) in [6.45, 7) is 4.06. The van der Waals surface area contributed by atoms with Crippen LogP contribution < -0.4 is 15.4 Å². The lowest BCUT2D eigenvalue weighted by atomic mass is 9.88. The molecule has 0 saturated carbocycles. The maximum Gasteiger partial charge on any atom is 0.319 e. The lowest BCUT2D eigenvalue weighted by molar-refractivity contribution is 0.0683. The smallest absolute Gasteiger partial charge is 0.319 e. The number of ether oxygens (including phenoxy) is 1. The van der Waals surface area contributed by atoms with E-state index in [0.717, 1.165) is 35.4 Å². The molecule has 0 saturated heterocycles. The predicted octanol–water partition coefficient (Wildman–Crippen LogP) is 3.96. The highest BCUT2D eigenvalue weighted by Gasteiger charge is 2.34. The first-order chi connectivity index (χ1) is 12.9. The van der Waals surface area contributed by atoms with E-state index in [-0.39, 0.29) is 23.8 Å². The Morgan fingerprint density at radius 3 is 2.85 bits per heavy atom. The van der Waals surface area contributed by atoms with Crippen LogP contribution in [0.15, 0.2) is 42.5 Å². The number of hydrogen-bond acceptors (Lipinski definition) is 3. The second-order valence-corrected chi connectivity index (χ2v) is 8.09. The molecular weight excluding hydrogens is 340 g/mol. The van der Waals surface area contributed by atoms with Crippen LogP contribution in [-0.4, -0.2) is 22.8 Å². The van der Waals surface area contributed by atoms with Crippen LogP contribution in [0.3, 0.4) is 0 Å². The maximum absolute atomic E-state index is 12.7. The fourth-order valence-electron chi connectivity index (χ4n) is 4.13. The van der Waals surface area contributed by atoms with Crippen molar-refractivity contribution in [2.75, 3.05) is 5.32 Å². The molecule has 1 heterocycles. The molecule has 0 unspecified atom stereocenters. The number of nitrogens with one attached hydrogen (secondary N) is 2. The lowest BCUT2D eigenvalue weighted by Crippen LogP contribution is -2.42. The van der Waals surface area contributed by atoms with Crippen molar-refractivity contribution in [1.82, 2.24) is 5.32 Å². The highest BCUT2D eigenvalue weighted by atomic mass is 16.5. The summed E-state index contributed by atoms with van der Waals surface area (Å²) in [4.78, 5) is 12.7. The van der Waals surface area contributed by atoms with Gasteiger partial charge in [-0.05, 0) is 49.9 Å². The highest BCUT2D eigenvalue weighted by molar-refractivity contribution is 5.90. The first-order valence-corrected chi connectivity index (χ1v) is 9.55. The van der Waals surface area contributed by atoms with Gasteiger partial charge in [0.15, 0.2) is 0 Å². The number of aryl methyl sites for hydroxylation is 1. The average Bonchev–Trinajstić information content (AvgIpc) is 2.61. The monoisotopic (exact) mass is 366 g/mol. The molecule has 0 spiro atoms. The molecule has 2 aromatic carbocycles. The SMILES string of the molecule is CC1(C)C[C@@H](NC(=O)Nc2cccc3c2C[C@H](O)CC3)c2ccccc2O1. The number of carbonyl (C=O) groups is 1. The predicted molar refractivity (Wildman–Crippen MR) is 105 cm³/mol. The van der Waals surface area contributed by atoms with E-state index in [0.29, 0.717) is 12.8 Å². The van der Waals surface area contributed by atoms with Crippen LogP contribution in [-0.2, 0) is 12.8 Å². The number of aliphatic hydroxyl groups is 1. The highest BCUT2D eigenvalue weighted by Crippen LogP contribution is 2.39. The van der Waals surface area contributed by atoms with Gasteiger partial charge in [-0.3, -0.25) is 0 Å². The number of para-hydroxylation sites is 1. The molecule has 0 aromatic heterocycles. The Morgan fingerprint density at radius 1 is 1.19 bits per heavy atom. The summed E-state index contributed by atoms with van der Waals surface area (Å²) < 4.78 is 6.04. The van der Waals surface area contributed by atoms with Crippen molar-refractivity contribution in [3.63, 3.8) is 0 Å². The molecule has 2 aliphatic rings. The molecule has 2 atom stereocenters. The molecule has 1 aliphatic heterocycles. The van der Waals surface area contributed by atoms with Crippen molar-refractivity contribution in [2.45, 2.75) is 57.3 Å². The van der Waals surface area contributed by atoms with Gasteiger partial charge in [0.1, 0.15) is 11.4 Å². The van der Waals surface area contributed by atoms with E-state index >= 15 is 0 Å². The molecule has 3 N–H and O–H groups in total. The number of anilines is 1. The van der Waals surface area contributed by atoms with E-state index in [1.807, 2.05) is 50.2 Å². The summed E-state index contributed by atoms with van der Waals surface area (Å²) in [6, 6.07) is 13.4. The van der Waals surface area contributed by atoms with Gasteiger partial charge in [-0.1, -0.05) is 30.3 Å². The Kier molecular flexibility index (Phi) is 4.56. The molecule has 2 aromatic rings. The van der Waals surface area contributed by atoms with Gasteiger partial charge in [-0.25, -0.2) is 4.79 Å². The number of amides is 2. The molecule has 0 bridgehead atoms. The van der Waals surface area contributed by atoms with Gasteiger partial charge in [0.05, 0.1) is 12.1 Å². The van der Waals surface area contributed by atoms with Crippen LogP contribution in [0.1, 0.15) is 49.4 Å². The van der Waals surface area contributed by atoms with E-state index in [1.54, 1.807) is 0 Å². The van der Waals surface area contributed by atoms with Gasteiger partial charge in [0.25, 0.3) is 0 Å². The van der Waals surface area contributed by atoms with E-state index in [9.17, 15) is 9.90 Å². The summed E-state index contributed by atoms with van der Waals surface area (Å²) in [5, 5.41) is 16.1.